The molecule has 20 heavy (non-hydrogen) atoms. The fourth-order valence-electron chi connectivity index (χ4n) is 1.36. The Kier molecular flexibility index (Phi) is 8.00. The lowest BCUT2D eigenvalue weighted by Crippen LogP contribution is -2.19. The summed E-state index contributed by atoms with van der Waals surface area (Å²) >= 11 is -0.246. The van der Waals surface area contributed by atoms with Crippen molar-refractivity contribution in [1.29, 1.82) is 0 Å². The minimum Gasteiger partial charge on any atom is -0.328 e. The van der Waals surface area contributed by atoms with Crippen LogP contribution in [0.4, 0.5) is 18.9 Å². The molecule has 8 heteroatoms. The molecule has 0 spiro atoms. The third-order valence-electron chi connectivity index (χ3n) is 2.21. The van der Waals surface area contributed by atoms with Crippen molar-refractivity contribution < 1.29 is 18.0 Å². The van der Waals surface area contributed by atoms with E-state index in [0.29, 0.717) is 6.42 Å². The quantitative estimate of drug-likeness (QED) is 0.809. The number of halogens is 4. The lowest BCUT2D eigenvalue weighted by Gasteiger charge is -2.12. The molecule has 1 aromatic rings. The zero-order chi connectivity index (χ0) is 14.5. The molecule has 0 heterocycles. The highest BCUT2D eigenvalue weighted by molar-refractivity contribution is 8.00. The van der Waals surface area contributed by atoms with Crippen molar-refractivity contribution in [2.75, 3.05) is 5.32 Å². The zero-order valence-electron chi connectivity index (χ0n) is 10.7. The summed E-state index contributed by atoms with van der Waals surface area (Å²) in [5.74, 6) is -0.340. The third kappa shape index (κ3) is 7.62. The van der Waals surface area contributed by atoms with Crippen LogP contribution in [0.2, 0.25) is 0 Å². The maximum atomic E-state index is 12.3. The molecule has 3 nitrogen and oxygen atoms in total. The van der Waals surface area contributed by atoms with Gasteiger partial charge >= 0.3 is 5.51 Å². The lowest BCUT2D eigenvalue weighted by atomic mass is 10.2. The van der Waals surface area contributed by atoms with Crippen LogP contribution in [0.1, 0.15) is 19.8 Å². The van der Waals surface area contributed by atoms with Gasteiger partial charge in [-0.3, -0.25) is 4.79 Å². The molecule has 0 saturated heterocycles. The van der Waals surface area contributed by atoms with Gasteiger partial charge in [0.15, 0.2) is 0 Å². The Balaban J connectivity index is 0.00000361. The summed E-state index contributed by atoms with van der Waals surface area (Å²) in [7, 11) is 0. The average Bonchev–Trinajstić information content (AvgIpc) is 2.27. The summed E-state index contributed by atoms with van der Waals surface area (Å²) < 4.78 is 37.0. The fraction of sp³-hybridized carbons (Fsp3) is 0.417. The molecule has 0 aromatic heterocycles. The number of hydrogen-bond acceptors (Lipinski definition) is 3. The van der Waals surface area contributed by atoms with Crippen LogP contribution in [0.5, 0.6) is 0 Å². The molecular formula is C12H16ClF3N2OS. The van der Waals surface area contributed by atoms with Gasteiger partial charge in [-0.2, -0.15) is 13.2 Å². The normalized spacial score (nSPS) is 12.4. The van der Waals surface area contributed by atoms with Crippen LogP contribution in [0, 0.1) is 0 Å². The maximum Gasteiger partial charge on any atom is 0.446 e. The number of para-hydroxylation sites is 1. The molecule has 1 aromatic carbocycles. The molecule has 0 aliphatic carbocycles. The Morgan fingerprint density at radius 3 is 2.55 bits per heavy atom. The van der Waals surface area contributed by atoms with E-state index < -0.39 is 5.51 Å². The van der Waals surface area contributed by atoms with E-state index in [1.165, 1.54) is 18.2 Å². The molecule has 1 amide bonds. The van der Waals surface area contributed by atoms with E-state index >= 15 is 0 Å². The van der Waals surface area contributed by atoms with Crippen molar-refractivity contribution in [2.24, 2.45) is 5.73 Å². The van der Waals surface area contributed by atoms with Crippen LogP contribution in [-0.2, 0) is 4.79 Å². The molecule has 1 unspecified atom stereocenters. The largest absolute Gasteiger partial charge is 0.446 e. The lowest BCUT2D eigenvalue weighted by molar-refractivity contribution is -0.116. The second-order valence-corrected chi connectivity index (χ2v) is 5.21. The molecule has 1 rings (SSSR count). The van der Waals surface area contributed by atoms with Crippen LogP contribution in [0.15, 0.2) is 29.2 Å². The number of amides is 1. The Hall–Kier alpha value is -0.920. The average molecular weight is 329 g/mol. The molecule has 0 aliphatic rings. The second-order valence-electron chi connectivity index (χ2n) is 4.11. The highest BCUT2D eigenvalue weighted by Gasteiger charge is 2.30. The van der Waals surface area contributed by atoms with E-state index in [1.807, 2.05) is 0 Å². The zero-order valence-corrected chi connectivity index (χ0v) is 12.4. The van der Waals surface area contributed by atoms with Crippen LogP contribution >= 0.6 is 24.2 Å². The van der Waals surface area contributed by atoms with Gasteiger partial charge in [0.2, 0.25) is 5.91 Å². The van der Waals surface area contributed by atoms with E-state index in [1.54, 1.807) is 13.0 Å². The Labute approximate surface area is 125 Å². The smallest absolute Gasteiger partial charge is 0.328 e. The van der Waals surface area contributed by atoms with Gasteiger partial charge in [-0.1, -0.05) is 12.1 Å². The van der Waals surface area contributed by atoms with Gasteiger partial charge in [0.25, 0.3) is 0 Å². The number of carbonyl (C=O) groups excluding carboxylic acids is 1. The first-order chi connectivity index (χ1) is 8.78. The van der Waals surface area contributed by atoms with Gasteiger partial charge in [0, 0.05) is 17.4 Å². The maximum absolute atomic E-state index is 12.3. The van der Waals surface area contributed by atoms with E-state index in [0.717, 1.165) is 0 Å². The van der Waals surface area contributed by atoms with E-state index in [9.17, 15) is 18.0 Å². The topological polar surface area (TPSA) is 55.1 Å². The van der Waals surface area contributed by atoms with Crippen LogP contribution in [0.3, 0.4) is 0 Å². The van der Waals surface area contributed by atoms with Gasteiger partial charge in [0.1, 0.15) is 0 Å². The predicted molar refractivity (Wildman–Crippen MR) is 77.1 cm³/mol. The summed E-state index contributed by atoms with van der Waals surface area (Å²) in [6, 6.07) is 5.70. The highest BCUT2D eigenvalue weighted by atomic mass is 35.5. The van der Waals surface area contributed by atoms with Crippen molar-refractivity contribution in [2.45, 2.75) is 36.2 Å². The number of hydrogen-bond donors (Lipinski definition) is 2. The number of thioether (sulfide) groups is 1. The number of nitrogens with two attached hydrogens (primary N) is 1. The fourth-order valence-corrected chi connectivity index (χ4v) is 1.98. The predicted octanol–water partition coefficient (Wildman–Crippen LogP) is 3.79. The standard InChI is InChI=1S/C12H15F3N2OS.ClH/c1-8(16)6-7-11(18)17-9-4-2-3-5-10(9)19-12(13,14)15;/h2-5,8H,6-7,16H2,1H3,(H,17,18);1H. The van der Waals surface area contributed by atoms with Gasteiger partial charge in [0.05, 0.1) is 5.69 Å². The third-order valence-corrected chi connectivity index (χ3v) is 3.02. The number of rotatable bonds is 5. The highest BCUT2D eigenvalue weighted by Crippen LogP contribution is 2.40. The number of alkyl halides is 3. The van der Waals surface area contributed by atoms with E-state index in [2.05, 4.69) is 5.32 Å². The molecule has 0 fully saturated rings. The van der Waals surface area contributed by atoms with Crippen LogP contribution in [0.25, 0.3) is 0 Å². The van der Waals surface area contributed by atoms with Gasteiger partial charge < -0.3 is 11.1 Å². The first kappa shape index (κ1) is 19.1. The van der Waals surface area contributed by atoms with Crippen LogP contribution < -0.4 is 11.1 Å². The molecule has 0 radical (unpaired) electrons. The van der Waals surface area contributed by atoms with E-state index in [4.69, 9.17) is 5.73 Å². The van der Waals surface area contributed by atoms with Crippen molar-refractivity contribution in [3.63, 3.8) is 0 Å². The van der Waals surface area contributed by atoms with Gasteiger partial charge in [-0.25, -0.2) is 0 Å². The first-order valence-corrected chi connectivity index (χ1v) is 6.50. The molecule has 114 valence electrons. The summed E-state index contributed by atoms with van der Waals surface area (Å²) in [4.78, 5) is 11.6. The first-order valence-electron chi connectivity index (χ1n) is 5.68. The van der Waals surface area contributed by atoms with Crippen molar-refractivity contribution >= 4 is 35.8 Å². The SMILES string of the molecule is CC(N)CCC(=O)Nc1ccccc1SC(F)(F)F.Cl. The minimum absolute atomic E-state index is 0. The number of anilines is 1. The second kappa shape index (κ2) is 8.39. The number of nitrogens with one attached hydrogen (secondary N) is 1. The summed E-state index contributed by atoms with van der Waals surface area (Å²) in [6.07, 6.45) is 0.670. The van der Waals surface area contributed by atoms with Gasteiger partial charge in [-0.15, -0.1) is 12.4 Å². The molecular weight excluding hydrogens is 313 g/mol. The molecule has 0 bridgehead atoms. The molecule has 0 aliphatic heterocycles. The monoisotopic (exact) mass is 328 g/mol. The van der Waals surface area contributed by atoms with Crippen LogP contribution in [-0.4, -0.2) is 17.5 Å². The van der Waals surface area contributed by atoms with E-state index in [-0.39, 0.29) is 53.1 Å². The van der Waals surface area contributed by atoms with Crippen molar-refractivity contribution in [3.8, 4) is 0 Å². The Morgan fingerprint density at radius 2 is 2.00 bits per heavy atom. The minimum atomic E-state index is -4.38. The van der Waals surface area contributed by atoms with Crippen molar-refractivity contribution in [1.82, 2.24) is 0 Å². The molecule has 1 atom stereocenters. The molecule has 3 N–H and O–H groups in total. The number of benzene rings is 1. The summed E-state index contributed by atoms with van der Waals surface area (Å²) in [6.45, 7) is 1.76. The summed E-state index contributed by atoms with van der Waals surface area (Å²) in [5.41, 5.74) is 1.30. The van der Waals surface area contributed by atoms with Gasteiger partial charge in [-0.05, 0) is 37.2 Å². The summed E-state index contributed by atoms with van der Waals surface area (Å²) in [5, 5.41) is 2.47. The molecule has 0 saturated carbocycles. The Morgan fingerprint density at radius 1 is 1.40 bits per heavy atom. The number of carbonyl (C=O) groups is 1. The Bertz CT molecular complexity index is 441. The van der Waals surface area contributed by atoms with Crippen molar-refractivity contribution in [3.05, 3.63) is 24.3 Å².